The molecule has 0 aliphatic heterocycles. The number of aryl methyl sites for hydroxylation is 1. The summed E-state index contributed by atoms with van der Waals surface area (Å²) in [5, 5.41) is 3.15. The molecule has 166 valence electrons. The maximum absolute atomic E-state index is 13.2. The van der Waals surface area contributed by atoms with Gasteiger partial charge >= 0.3 is 0 Å². The fourth-order valence-electron chi connectivity index (χ4n) is 3.90. The van der Waals surface area contributed by atoms with Crippen molar-refractivity contribution >= 4 is 39.5 Å². The number of nitrogens with zero attached hydrogens (tertiary/aromatic N) is 1. The highest BCUT2D eigenvalue weighted by Gasteiger charge is 2.28. The third-order valence-electron chi connectivity index (χ3n) is 5.71. The van der Waals surface area contributed by atoms with Crippen LogP contribution < -0.4 is 5.32 Å². The lowest BCUT2D eigenvalue weighted by Gasteiger charge is -2.29. The molecule has 1 fully saturated rings. The molecule has 1 aliphatic carbocycles. The number of benzene rings is 2. The highest BCUT2D eigenvalue weighted by atomic mass is 79.9. The van der Waals surface area contributed by atoms with Crippen LogP contribution in [0.15, 0.2) is 53.0 Å². The first-order valence-corrected chi connectivity index (χ1v) is 12.8. The summed E-state index contributed by atoms with van der Waals surface area (Å²) in [6.45, 7) is 4.34. The third kappa shape index (κ3) is 7.39. The predicted octanol–water partition coefficient (Wildman–Crippen LogP) is 5.47. The molecule has 31 heavy (non-hydrogen) atoms. The summed E-state index contributed by atoms with van der Waals surface area (Å²) in [5.41, 5.74) is 3.45. The number of halogens is 1. The summed E-state index contributed by atoms with van der Waals surface area (Å²) < 4.78 is 0.995. The van der Waals surface area contributed by atoms with Crippen molar-refractivity contribution in [3.05, 3.63) is 69.7 Å². The SMILES string of the molecule is Cc1cccc(CSCC(=O)N(Cc2ccc(Br)cc2)[C@@H](C)C(=O)NC2CCCC2)c1. The lowest BCUT2D eigenvalue weighted by Crippen LogP contribution is -2.50. The highest BCUT2D eigenvalue weighted by molar-refractivity contribution is 9.10. The number of carbonyl (C=O) groups excluding carboxylic acids is 2. The second-order valence-electron chi connectivity index (χ2n) is 8.30. The van der Waals surface area contributed by atoms with E-state index in [1.807, 2.05) is 37.3 Å². The molecule has 0 saturated heterocycles. The van der Waals surface area contributed by atoms with Crippen molar-refractivity contribution in [3.8, 4) is 0 Å². The van der Waals surface area contributed by atoms with Crippen LogP contribution in [0.25, 0.3) is 0 Å². The van der Waals surface area contributed by atoms with Gasteiger partial charge in [0.1, 0.15) is 6.04 Å². The molecule has 1 saturated carbocycles. The topological polar surface area (TPSA) is 49.4 Å². The average Bonchev–Trinajstić information content (AvgIpc) is 3.26. The molecule has 1 atom stereocenters. The highest BCUT2D eigenvalue weighted by Crippen LogP contribution is 2.20. The Hall–Kier alpha value is -1.79. The van der Waals surface area contributed by atoms with E-state index in [4.69, 9.17) is 0 Å². The van der Waals surface area contributed by atoms with Crippen LogP contribution in [0.3, 0.4) is 0 Å². The molecule has 1 N–H and O–H groups in total. The van der Waals surface area contributed by atoms with Crippen LogP contribution >= 0.6 is 27.7 Å². The van der Waals surface area contributed by atoms with Gasteiger partial charge in [0.2, 0.25) is 11.8 Å². The minimum absolute atomic E-state index is 0.00496. The minimum atomic E-state index is -0.503. The summed E-state index contributed by atoms with van der Waals surface area (Å²) >= 11 is 5.05. The molecule has 0 bridgehead atoms. The molecule has 3 rings (SSSR count). The largest absolute Gasteiger partial charge is 0.352 e. The van der Waals surface area contributed by atoms with E-state index in [1.54, 1.807) is 16.7 Å². The first-order valence-electron chi connectivity index (χ1n) is 10.9. The van der Waals surface area contributed by atoms with Gasteiger partial charge in [-0.25, -0.2) is 0 Å². The fraction of sp³-hybridized carbons (Fsp3) is 0.440. The summed E-state index contributed by atoms with van der Waals surface area (Å²) in [4.78, 5) is 27.8. The first-order chi connectivity index (χ1) is 14.9. The Kier molecular flexibility index (Phi) is 9.02. The van der Waals surface area contributed by atoms with Crippen LogP contribution in [0, 0.1) is 6.92 Å². The van der Waals surface area contributed by atoms with Crippen LogP contribution in [0.4, 0.5) is 0 Å². The molecule has 2 amide bonds. The van der Waals surface area contributed by atoms with Gasteiger partial charge in [0.05, 0.1) is 5.75 Å². The third-order valence-corrected chi connectivity index (χ3v) is 7.23. The Morgan fingerprint density at radius 2 is 1.84 bits per heavy atom. The van der Waals surface area contributed by atoms with Gasteiger partial charge in [-0.3, -0.25) is 9.59 Å². The molecule has 4 nitrogen and oxygen atoms in total. The lowest BCUT2D eigenvalue weighted by atomic mass is 10.1. The number of nitrogens with one attached hydrogen (secondary N) is 1. The Labute approximate surface area is 198 Å². The maximum atomic E-state index is 13.2. The molecule has 0 aromatic heterocycles. The van der Waals surface area contributed by atoms with E-state index in [-0.39, 0.29) is 17.9 Å². The van der Waals surface area contributed by atoms with E-state index in [0.29, 0.717) is 12.3 Å². The number of amides is 2. The molecule has 0 radical (unpaired) electrons. The molecule has 0 spiro atoms. The van der Waals surface area contributed by atoms with Gasteiger partial charge in [0.25, 0.3) is 0 Å². The Morgan fingerprint density at radius 1 is 1.13 bits per heavy atom. The predicted molar refractivity (Wildman–Crippen MR) is 132 cm³/mol. The number of carbonyl (C=O) groups is 2. The van der Waals surface area contributed by atoms with Crippen molar-refractivity contribution in [2.24, 2.45) is 0 Å². The first kappa shape index (κ1) is 23.9. The normalized spacial score (nSPS) is 14.9. The zero-order valence-corrected chi connectivity index (χ0v) is 20.7. The number of hydrogen-bond acceptors (Lipinski definition) is 3. The molecule has 0 unspecified atom stereocenters. The van der Waals surface area contributed by atoms with E-state index >= 15 is 0 Å². The summed E-state index contributed by atoms with van der Waals surface area (Å²) in [6.07, 6.45) is 4.39. The zero-order valence-electron chi connectivity index (χ0n) is 18.3. The van der Waals surface area contributed by atoms with Crippen LogP contribution in [-0.4, -0.2) is 34.6 Å². The van der Waals surface area contributed by atoms with Crippen molar-refractivity contribution in [3.63, 3.8) is 0 Å². The Bertz CT molecular complexity index is 881. The number of rotatable bonds is 9. The van der Waals surface area contributed by atoms with Crippen molar-refractivity contribution in [2.75, 3.05) is 5.75 Å². The van der Waals surface area contributed by atoms with Crippen molar-refractivity contribution in [2.45, 2.75) is 63.9 Å². The van der Waals surface area contributed by atoms with Crippen molar-refractivity contribution in [1.82, 2.24) is 10.2 Å². The van der Waals surface area contributed by atoms with E-state index in [2.05, 4.69) is 46.4 Å². The molecule has 0 heterocycles. The van der Waals surface area contributed by atoms with E-state index in [1.165, 1.54) is 11.1 Å². The maximum Gasteiger partial charge on any atom is 0.242 e. The average molecular weight is 504 g/mol. The second-order valence-corrected chi connectivity index (χ2v) is 10.2. The Morgan fingerprint density at radius 3 is 2.52 bits per heavy atom. The second kappa shape index (κ2) is 11.7. The van der Waals surface area contributed by atoms with E-state index < -0.39 is 6.04 Å². The lowest BCUT2D eigenvalue weighted by molar-refractivity contribution is -0.138. The van der Waals surface area contributed by atoms with Crippen molar-refractivity contribution in [1.29, 1.82) is 0 Å². The summed E-state index contributed by atoms with van der Waals surface area (Å²) in [7, 11) is 0. The minimum Gasteiger partial charge on any atom is -0.352 e. The molecule has 6 heteroatoms. The number of thioether (sulfide) groups is 1. The van der Waals surface area contributed by atoms with Gasteiger partial charge in [-0.1, -0.05) is 70.7 Å². The Balaban J connectivity index is 1.64. The summed E-state index contributed by atoms with van der Waals surface area (Å²) in [6, 6.07) is 16.0. The fourth-order valence-corrected chi connectivity index (χ4v) is 5.02. The molecular weight excluding hydrogens is 472 g/mol. The smallest absolute Gasteiger partial charge is 0.242 e. The molecule has 2 aromatic rings. The molecule has 1 aliphatic rings. The molecular formula is C25H31BrN2O2S. The summed E-state index contributed by atoms with van der Waals surface area (Å²) in [5.74, 6) is 1.07. The quantitative estimate of drug-likeness (QED) is 0.494. The van der Waals surface area contributed by atoms with Gasteiger partial charge in [0, 0.05) is 22.8 Å². The van der Waals surface area contributed by atoms with Crippen LogP contribution in [0.2, 0.25) is 0 Å². The van der Waals surface area contributed by atoms with Crippen LogP contribution in [-0.2, 0) is 21.9 Å². The monoisotopic (exact) mass is 502 g/mol. The number of hydrogen-bond donors (Lipinski definition) is 1. The van der Waals surface area contributed by atoms with Crippen molar-refractivity contribution < 1.29 is 9.59 Å². The van der Waals surface area contributed by atoms with Crippen LogP contribution in [0.5, 0.6) is 0 Å². The van der Waals surface area contributed by atoms with Gasteiger partial charge in [-0.05, 0) is 49.9 Å². The van der Waals surface area contributed by atoms with E-state index in [9.17, 15) is 9.59 Å². The zero-order chi connectivity index (χ0) is 22.2. The van der Waals surface area contributed by atoms with Crippen LogP contribution in [0.1, 0.15) is 49.3 Å². The standard InChI is InChI=1S/C25H31BrN2O2S/c1-18-6-5-7-21(14-18)16-31-17-24(29)28(15-20-10-12-22(26)13-11-20)19(2)25(30)27-23-8-3-4-9-23/h5-7,10-14,19,23H,3-4,8-9,15-17H2,1-2H3,(H,27,30)/t19-/m0/s1. The van der Waals surface area contributed by atoms with E-state index in [0.717, 1.165) is 41.5 Å². The molecule has 2 aromatic carbocycles. The van der Waals surface area contributed by atoms with Gasteiger partial charge in [-0.15, -0.1) is 11.8 Å². The van der Waals surface area contributed by atoms with Gasteiger partial charge in [0.15, 0.2) is 0 Å². The van der Waals surface area contributed by atoms with Gasteiger partial charge < -0.3 is 10.2 Å². The van der Waals surface area contributed by atoms with Gasteiger partial charge in [-0.2, -0.15) is 0 Å².